The number of hydrogen-bond acceptors (Lipinski definition) is 4. The molecule has 3 aliphatic rings. The van der Waals surface area contributed by atoms with Gasteiger partial charge in [-0.2, -0.15) is 0 Å². The highest BCUT2D eigenvalue weighted by Crippen LogP contribution is 2.31. The van der Waals surface area contributed by atoms with E-state index in [0.29, 0.717) is 32.0 Å². The standard InChI is InChI=1S/C20H26N2O3/c1-21-9-8-14-6-7-15(12-17(14)21)20(24)22-10-11-25-13-18(22)16-4-2-3-5-19(16)23/h6-7,12,16,18H,2-5,8-11,13H2,1H3/t16-,18+/m0/s1. The number of rotatable bonds is 2. The van der Waals surface area contributed by atoms with Crippen LogP contribution < -0.4 is 4.90 Å². The lowest BCUT2D eigenvalue weighted by molar-refractivity contribution is -0.129. The second-order valence-corrected chi connectivity index (χ2v) is 7.47. The summed E-state index contributed by atoms with van der Waals surface area (Å²) in [6.45, 7) is 2.60. The molecule has 0 aromatic heterocycles. The van der Waals surface area contributed by atoms with Crippen molar-refractivity contribution in [2.75, 3.05) is 38.3 Å². The molecule has 0 spiro atoms. The lowest BCUT2D eigenvalue weighted by atomic mass is 9.82. The number of anilines is 1. The van der Waals surface area contributed by atoms with Crippen LogP contribution in [0.15, 0.2) is 18.2 Å². The van der Waals surface area contributed by atoms with Crippen molar-refractivity contribution in [3.8, 4) is 0 Å². The predicted molar refractivity (Wildman–Crippen MR) is 96.0 cm³/mol. The van der Waals surface area contributed by atoms with E-state index >= 15 is 0 Å². The van der Waals surface area contributed by atoms with Crippen LogP contribution in [-0.4, -0.2) is 56.0 Å². The van der Waals surface area contributed by atoms with Gasteiger partial charge < -0.3 is 14.5 Å². The van der Waals surface area contributed by atoms with Gasteiger partial charge in [0, 0.05) is 43.7 Å². The van der Waals surface area contributed by atoms with E-state index in [-0.39, 0.29) is 17.9 Å². The van der Waals surface area contributed by atoms with Crippen LogP contribution in [0.2, 0.25) is 0 Å². The topological polar surface area (TPSA) is 49.9 Å². The van der Waals surface area contributed by atoms with Gasteiger partial charge in [0.2, 0.25) is 0 Å². The molecule has 1 aromatic carbocycles. The van der Waals surface area contributed by atoms with Crippen LogP contribution in [0.4, 0.5) is 5.69 Å². The van der Waals surface area contributed by atoms with Crippen molar-refractivity contribution in [2.45, 2.75) is 38.1 Å². The molecule has 134 valence electrons. The highest BCUT2D eigenvalue weighted by Gasteiger charge is 2.38. The molecule has 1 aliphatic carbocycles. The Balaban J connectivity index is 1.59. The predicted octanol–water partition coefficient (Wildman–Crippen LogP) is 2.28. The van der Waals surface area contributed by atoms with Crippen LogP contribution in [0, 0.1) is 5.92 Å². The fourth-order valence-corrected chi connectivity index (χ4v) is 4.46. The Kier molecular flexibility index (Phi) is 4.50. The monoisotopic (exact) mass is 342 g/mol. The third kappa shape index (κ3) is 3.06. The Hall–Kier alpha value is -1.88. The first kappa shape index (κ1) is 16.6. The van der Waals surface area contributed by atoms with Gasteiger partial charge in [0.25, 0.3) is 5.91 Å². The Morgan fingerprint density at radius 1 is 1.20 bits per heavy atom. The number of nitrogens with zero attached hydrogens (tertiary/aromatic N) is 2. The Morgan fingerprint density at radius 3 is 2.92 bits per heavy atom. The van der Waals surface area contributed by atoms with Gasteiger partial charge in [-0.25, -0.2) is 0 Å². The Labute approximate surface area is 148 Å². The van der Waals surface area contributed by atoms with Crippen LogP contribution in [0.25, 0.3) is 0 Å². The first-order valence-electron chi connectivity index (χ1n) is 9.40. The molecule has 0 radical (unpaired) electrons. The van der Waals surface area contributed by atoms with Crippen LogP contribution in [-0.2, 0) is 16.0 Å². The summed E-state index contributed by atoms with van der Waals surface area (Å²) in [5.41, 5.74) is 3.19. The second kappa shape index (κ2) is 6.79. The number of Topliss-reactive ketones (excluding diaryl/α,β-unsaturated/α-hetero) is 1. The molecule has 1 saturated heterocycles. The van der Waals surface area contributed by atoms with Gasteiger partial charge in [0.15, 0.2) is 0 Å². The van der Waals surface area contributed by atoms with Crippen LogP contribution in [0.5, 0.6) is 0 Å². The largest absolute Gasteiger partial charge is 0.377 e. The molecular formula is C20H26N2O3. The number of hydrogen-bond donors (Lipinski definition) is 0. The van der Waals surface area contributed by atoms with Gasteiger partial charge in [0.1, 0.15) is 5.78 Å². The molecule has 2 atom stereocenters. The summed E-state index contributed by atoms with van der Waals surface area (Å²) in [7, 11) is 2.07. The van der Waals surface area contributed by atoms with Gasteiger partial charge in [-0.3, -0.25) is 9.59 Å². The number of likely N-dealkylation sites (N-methyl/N-ethyl adjacent to an activating group) is 1. The molecule has 1 aromatic rings. The quantitative estimate of drug-likeness (QED) is 0.827. The number of carbonyl (C=O) groups is 2. The number of ketones is 1. The lowest BCUT2D eigenvalue weighted by Crippen LogP contribution is -2.54. The SMILES string of the molecule is CN1CCc2ccc(C(=O)N3CCOC[C@@H]3[C@@H]3CCCCC3=O)cc21. The summed E-state index contributed by atoms with van der Waals surface area (Å²) in [6, 6.07) is 5.92. The molecular weight excluding hydrogens is 316 g/mol. The van der Waals surface area contributed by atoms with Gasteiger partial charge in [-0.1, -0.05) is 12.5 Å². The van der Waals surface area contributed by atoms with Crippen LogP contribution in [0.1, 0.15) is 41.6 Å². The molecule has 1 saturated carbocycles. The van der Waals surface area contributed by atoms with E-state index < -0.39 is 0 Å². The lowest BCUT2D eigenvalue weighted by Gasteiger charge is -2.41. The van der Waals surface area contributed by atoms with Crippen molar-refractivity contribution in [3.63, 3.8) is 0 Å². The number of amides is 1. The fourth-order valence-electron chi connectivity index (χ4n) is 4.46. The molecule has 0 N–H and O–H groups in total. The molecule has 25 heavy (non-hydrogen) atoms. The number of fused-ring (bicyclic) bond motifs is 1. The number of morpholine rings is 1. The van der Waals surface area contributed by atoms with Crippen molar-refractivity contribution in [2.24, 2.45) is 5.92 Å². The van der Waals surface area contributed by atoms with Gasteiger partial charge in [0.05, 0.1) is 19.3 Å². The summed E-state index contributed by atoms with van der Waals surface area (Å²) in [6.07, 6.45) is 4.61. The third-order valence-electron chi connectivity index (χ3n) is 5.95. The highest BCUT2D eigenvalue weighted by molar-refractivity contribution is 5.96. The minimum absolute atomic E-state index is 0.0368. The molecule has 2 aliphatic heterocycles. The molecule has 1 amide bonds. The molecule has 4 rings (SSSR count). The second-order valence-electron chi connectivity index (χ2n) is 7.47. The van der Waals surface area contributed by atoms with Crippen molar-refractivity contribution >= 4 is 17.4 Å². The number of ether oxygens (including phenoxy) is 1. The average Bonchev–Trinajstić information content (AvgIpc) is 3.02. The van der Waals surface area contributed by atoms with E-state index in [1.54, 1.807) is 0 Å². The minimum atomic E-state index is -0.111. The minimum Gasteiger partial charge on any atom is -0.377 e. The van der Waals surface area contributed by atoms with Crippen LogP contribution in [0.3, 0.4) is 0 Å². The van der Waals surface area contributed by atoms with E-state index in [1.807, 2.05) is 17.0 Å². The van der Waals surface area contributed by atoms with Crippen molar-refractivity contribution in [1.29, 1.82) is 0 Å². The fraction of sp³-hybridized carbons (Fsp3) is 0.600. The summed E-state index contributed by atoms with van der Waals surface area (Å²) < 4.78 is 5.64. The third-order valence-corrected chi connectivity index (χ3v) is 5.95. The Morgan fingerprint density at radius 2 is 2.08 bits per heavy atom. The molecule has 2 heterocycles. The van der Waals surface area contributed by atoms with Crippen molar-refractivity contribution < 1.29 is 14.3 Å². The number of benzene rings is 1. The summed E-state index contributed by atoms with van der Waals surface area (Å²) in [5, 5.41) is 0. The van der Waals surface area contributed by atoms with Gasteiger partial charge in [-0.15, -0.1) is 0 Å². The molecule has 2 fully saturated rings. The maximum atomic E-state index is 13.2. The molecule has 0 bridgehead atoms. The average molecular weight is 342 g/mol. The van der Waals surface area contributed by atoms with E-state index in [4.69, 9.17) is 4.74 Å². The maximum Gasteiger partial charge on any atom is 0.254 e. The molecule has 5 heteroatoms. The first-order chi connectivity index (χ1) is 12.1. The van der Waals surface area contributed by atoms with E-state index in [2.05, 4.69) is 18.0 Å². The zero-order valence-corrected chi connectivity index (χ0v) is 14.9. The smallest absolute Gasteiger partial charge is 0.254 e. The normalized spacial score (nSPS) is 26.7. The van der Waals surface area contributed by atoms with Gasteiger partial charge in [-0.05, 0) is 37.0 Å². The summed E-state index contributed by atoms with van der Waals surface area (Å²) in [4.78, 5) is 29.7. The molecule has 0 unspecified atom stereocenters. The highest BCUT2D eigenvalue weighted by atomic mass is 16.5. The molecule has 5 nitrogen and oxygen atoms in total. The van der Waals surface area contributed by atoms with E-state index in [9.17, 15) is 9.59 Å². The zero-order valence-electron chi connectivity index (χ0n) is 14.9. The summed E-state index contributed by atoms with van der Waals surface area (Å²) in [5.74, 6) is 0.276. The zero-order chi connectivity index (χ0) is 17.4. The number of carbonyl (C=O) groups excluding carboxylic acids is 2. The van der Waals surface area contributed by atoms with E-state index in [1.165, 1.54) is 5.56 Å². The van der Waals surface area contributed by atoms with Crippen molar-refractivity contribution in [3.05, 3.63) is 29.3 Å². The maximum absolute atomic E-state index is 13.2. The Bertz CT molecular complexity index is 688. The van der Waals surface area contributed by atoms with E-state index in [0.717, 1.165) is 43.5 Å². The van der Waals surface area contributed by atoms with Gasteiger partial charge >= 0.3 is 0 Å². The first-order valence-corrected chi connectivity index (χ1v) is 9.40. The van der Waals surface area contributed by atoms with Crippen molar-refractivity contribution in [1.82, 2.24) is 4.90 Å². The summed E-state index contributed by atoms with van der Waals surface area (Å²) >= 11 is 0. The van der Waals surface area contributed by atoms with Crippen LogP contribution >= 0.6 is 0 Å².